The molecule has 2 bridgehead atoms. The zero-order valence-electron chi connectivity index (χ0n) is 7.55. The summed E-state index contributed by atoms with van der Waals surface area (Å²) in [5.74, 6) is 2.38. The topological polar surface area (TPSA) is 17.1 Å². The summed E-state index contributed by atoms with van der Waals surface area (Å²) in [4.78, 5) is 11.4. The second-order valence-electron chi connectivity index (χ2n) is 4.83. The van der Waals surface area contributed by atoms with E-state index in [2.05, 4.69) is 20.8 Å². The van der Waals surface area contributed by atoms with Gasteiger partial charge in [0.25, 0.3) is 0 Å². The summed E-state index contributed by atoms with van der Waals surface area (Å²) in [6.45, 7) is 6.80. The first-order valence-corrected chi connectivity index (χ1v) is 4.56. The number of fused-ring (bicyclic) bond motifs is 2. The van der Waals surface area contributed by atoms with Crippen molar-refractivity contribution in [3.63, 3.8) is 0 Å². The van der Waals surface area contributed by atoms with E-state index in [0.29, 0.717) is 23.0 Å². The van der Waals surface area contributed by atoms with Crippen molar-refractivity contribution in [1.82, 2.24) is 0 Å². The van der Waals surface area contributed by atoms with Crippen molar-refractivity contribution in [2.75, 3.05) is 0 Å². The summed E-state index contributed by atoms with van der Waals surface area (Å²) in [6, 6.07) is 0. The molecule has 11 heavy (non-hydrogen) atoms. The maximum Gasteiger partial charge on any atom is 0.136 e. The standard InChI is InChI=1S/C10H16O/c1-6-7-4-8(9(11)5-7)10(6,2)3/h6-8H,4-5H2,1-3H3. The van der Waals surface area contributed by atoms with Crippen molar-refractivity contribution in [3.05, 3.63) is 0 Å². The molecule has 0 aliphatic heterocycles. The second-order valence-corrected chi connectivity index (χ2v) is 4.83. The van der Waals surface area contributed by atoms with E-state index in [1.165, 1.54) is 6.42 Å². The Morgan fingerprint density at radius 2 is 2.09 bits per heavy atom. The quantitative estimate of drug-likeness (QED) is 0.520. The normalized spacial score (nSPS) is 46.8. The lowest BCUT2D eigenvalue weighted by molar-refractivity contribution is -0.126. The van der Waals surface area contributed by atoms with Crippen LogP contribution >= 0.6 is 0 Å². The monoisotopic (exact) mass is 152 g/mol. The van der Waals surface area contributed by atoms with Crippen LogP contribution in [0.1, 0.15) is 33.6 Å². The summed E-state index contributed by atoms with van der Waals surface area (Å²) in [7, 11) is 0. The van der Waals surface area contributed by atoms with Gasteiger partial charge in [0.15, 0.2) is 0 Å². The van der Waals surface area contributed by atoms with Gasteiger partial charge in [0.1, 0.15) is 5.78 Å². The SMILES string of the molecule is CC1C2CC(=O)C(C2)C1(C)C. The Bertz CT molecular complexity index is 205. The lowest BCUT2D eigenvalue weighted by Crippen LogP contribution is -2.33. The zero-order valence-corrected chi connectivity index (χ0v) is 7.55. The molecule has 2 aliphatic carbocycles. The summed E-state index contributed by atoms with van der Waals surface area (Å²) in [6.07, 6.45) is 2.04. The number of hydrogen-bond acceptors (Lipinski definition) is 1. The number of carbonyl (C=O) groups excluding carboxylic acids is 1. The molecule has 3 unspecified atom stereocenters. The molecule has 0 saturated heterocycles. The minimum atomic E-state index is 0.292. The molecule has 0 aromatic heterocycles. The van der Waals surface area contributed by atoms with Gasteiger partial charge in [-0.3, -0.25) is 4.79 Å². The molecule has 0 aromatic carbocycles. The number of hydrogen-bond donors (Lipinski definition) is 0. The van der Waals surface area contributed by atoms with Crippen molar-refractivity contribution in [3.8, 4) is 0 Å². The third-order valence-electron chi connectivity index (χ3n) is 4.17. The third kappa shape index (κ3) is 0.743. The first-order chi connectivity index (χ1) is 5.03. The lowest BCUT2D eigenvalue weighted by Gasteiger charge is -2.34. The molecule has 1 nitrogen and oxygen atoms in total. The molecule has 1 heteroatoms. The first-order valence-electron chi connectivity index (χ1n) is 4.56. The molecule has 0 amide bonds. The van der Waals surface area contributed by atoms with Crippen molar-refractivity contribution < 1.29 is 4.79 Å². The lowest BCUT2D eigenvalue weighted by atomic mass is 9.69. The van der Waals surface area contributed by atoms with Gasteiger partial charge in [0.05, 0.1) is 0 Å². The van der Waals surface area contributed by atoms with E-state index in [1.807, 2.05) is 0 Å². The number of ketones is 1. The maximum atomic E-state index is 11.4. The van der Waals surface area contributed by atoms with E-state index in [9.17, 15) is 4.79 Å². The minimum Gasteiger partial charge on any atom is -0.299 e. The Balaban J connectivity index is 2.33. The van der Waals surface area contributed by atoms with Crippen LogP contribution < -0.4 is 0 Å². The average Bonchev–Trinajstić information content (AvgIpc) is 2.35. The van der Waals surface area contributed by atoms with Crippen LogP contribution in [-0.4, -0.2) is 5.78 Å². The molecule has 2 saturated carbocycles. The van der Waals surface area contributed by atoms with Crippen molar-refractivity contribution in [2.45, 2.75) is 33.6 Å². The Morgan fingerprint density at radius 3 is 2.45 bits per heavy atom. The van der Waals surface area contributed by atoms with Crippen LogP contribution in [0.3, 0.4) is 0 Å². The highest BCUT2D eigenvalue weighted by atomic mass is 16.1. The van der Waals surface area contributed by atoms with Crippen LogP contribution in [0.4, 0.5) is 0 Å². The van der Waals surface area contributed by atoms with Crippen molar-refractivity contribution in [2.24, 2.45) is 23.2 Å². The average molecular weight is 152 g/mol. The summed E-state index contributed by atoms with van der Waals surface area (Å²) in [5, 5.41) is 0. The fraction of sp³-hybridized carbons (Fsp3) is 0.900. The molecular formula is C10H16O. The number of Topliss-reactive ketones (excluding diaryl/α,β-unsaturated/α-hetero) is 1. The van der Waals surface area contributed by atoms with Gasteiger partial charge in [0, 0.05) is 12.3 Å². The molecular weight excluding hydrogens is 136 g/mol. The predicted molar refractivity (Wildman–Crippen MR) is 44.2 cm³/mol. The van der Waals surface area contributed by atoms with Crippen LogP contribution in [0.2, 0.25) is 0 Å². The Labute approximate surface area is 68.2 Å². The molecule has 0 heterocycles. The summed E-state index contributed by atoms with van der Waals surface area (Å²) in [5.41, 5.74) is 0.292. The highest BCUT2D eigenvalue weighted by Crippen LogP contribution is 2.57. The molecule has 2 fully saturated rings. The molecule has 0 aromatic rings. The van der Waals surface area contributed by atoms with Gasteiger partial charge in [-0.15, -0.1) is 0 Å². The van der Waals surface area contributed by atoms with E-state index in [-0.39, 0.29) is 0 Å². The Kier molecular flexibility index (Phi) is 1.25. The highest BCUT2D eigenvalue weighted by molar-refractivity contribution is 5.85. The Morgan fingerprint density at radius 1 is 1.45 bits per heavy atom. The summed E-state index contributed by atoms with van der Waals surface area (Å²) >= 11 is 0. The van der Waals surface area contributed by atoms with Gasteiger partial charge < -0.3 is 0 Å². The fourth-order valence-electron chi connectivity index (χ4n) is 2.94. The van der Waals surface area contributed by atoms with Gasteiger partial charge in [-0.25, -0.2) is 0 Å². The van der Waals surface area contributed by atoms with E-state index < -0.39 is 0 Å². The largest absolute Gasteiger partial charge is 0.299 e. The van der Waals surface area contributed by atoms with E-state index in [0.717, 1.165) is 12.3 Å². The molecule has 0 radical (unpaired) electrons. The van der Waals surface area contributed by atoms with Crippen LogP contribution in [0.5, 0.6) is 0 Å². The Hall–Kier alpha value is -0.330. The van der Waals surface area contributed by atoms with E-state index >= 15 is 0 Å². The molecule has 2 aliphatic rings. The van der Waals surface area contributed by atoms with Gasteiger partial charge in [0.2, 0.25) is 0 Å². The first kappa shape index (κ1) is 7.33. The molecule has 0 N–H and O–H groups in total. The maximum absolute atomic E-state index is 11.4. The van der Waals surface area contributed by atoms with Gasteiger partial charge in [-0.2, -0.15) is 0 Å². The molecule has 2 rings (SSSR count). The smallest absolute Gasteiger partial charge is 0.136 e. The van der Waals surface area contributed by atoms with E-state index in [1.54, 1.807) is 0 Å². The molecule has 3 atom stereocenters. The van der Waals surface area contributed by atoms with Crippen molar-refractivity contribution >= 4 is 5.78 Å². The van der Waals surface area contributed by atoms with Crippen LogP contribution in [0.25, 0.3) is 0 Å². The van der Waals surface area contributed by atoms with Crippen molar-refractivity contribution in [1.29, 1.82) is 0 Å². The molecule has 0 spiro atoms. The van der Waals surface area contributed by atoms with Crippen LogP contribution in [0, 0.1) is 23.2 Å². The summed E-state index contributed by atoms with van der Waals surface area (Å²) < 4.78 is 0. The highest BCUT2D eigenvalue weighted by Gasteiger charge is 2.54. The van der Waals surface area contributed by atoms with E-state index in [4.69, 9.17) is 0 Å². The number of rotatable bonds is 0. The van der Waals surface area contributed by atoms with Gasteiger partial charge in [-0.05, 0) is 23.7 Å². The van der Waals surface area contributed by atoms with Gasteiger partial charge in [-0.1, -0.05) is 20.8 Å². The minimum absolute atomic E-state index is 0.292. The fourth-order valence-corrected chi connectivity index (χ4v) is 2.94. The second kappa shape index (κ2) is 1.88. The van der Waals surface area contributed by atoms with Gasteiger partial charge >= 0.3 is 0 Å². The zero-order chi connectivity index (χ0) is 8.22. The van der Waals surface area contributed by atoms with Crippen LogP contribution in [-0.2, 0) is 4.79 Å². The molecule has 62 valence electrons. The predicted octanol–water partition coefficient (Wildman–Crippen LogP) is 2.26. The number of carbonyl (C=O) groups is 1. The van der Waals surface area contributed by atoms with Crippen LogP contribution in [0.15, 0.2) is 0 Å². The third-order valence-corrected chi connectivity index (χ3v) is 4.17.